The van der Waals surface area contributed by atoms with Crippen LogP contribution in [0.25, 0.3) is 0 Å². The van der Waals surface area contributed by atoms with Gasteiger partial charge in [0.05, 0.1) is 6.26 Å². The highest BCUT2D eigenvalue weighted by atomic mass is 32.2. The number of carbonyl (C=O) groups excluding carboxylic acids is 1. The molecule has 7 heteroatoms. The normalized spacial score (nSPS) is 11.9. The smallest absolute Gasteiger partial charge is 0.221 e. The number of carbonyl (C=O) groups is 1. The summed E-state index contributed by atoms with van der Waals surface area (Å²) in [7, 11) is 0.467. The molecule has 0 aliphatic rings. The lowest BCUT2D eigenvalue weighted by Crippen LogP contribution is -2.38. The molecule has 1 aromatic rings. The summed E-state index contributed by atoms with van der Waals surface area (Å²) >= 11 is 0. The van der Waals surface area contributed by atoms with Crippen LogP contribution < -0.4 is 5.32 Å². The third kappa shape index (κ3) is 7.53. The van der Waals surface area contributed by atoms with Gasteiger partial charge in [0.2, 0.25) is 15.9 Å². The van der Waals surface area contributed by atoms with E-state index in [9.17, 15) is 13.2 Å². The lowest BCUT2D eigenvalue weighted by atomic mass is 10.2. The molecule has 0 aliphatic carbocycles. The zero-order valence-electron chi connectivity index (χ0n) is 13.4. The second kappa shape index (κ2) is 8.87. The zero-order valence-corrected chi connectivity index (χ0v) is 14.3. The summed E-state index contributed by atoms with van der Waals surface area (Å²) in [6.07, 6.45) is 1.33. The molecule has 0 unspecified atom stereocenters. The van der Waals surface area contributed by atoms with Crippen molar-refractivity contribution >= 4 is 15.9 Å². The van der Waals surface area contributed by atoms with E-state index in [0.29, 0.717) is 19.6 Å². The van der Waals surface area contributed by atoms with E-state index in [-0.39, 0.29) is 18.9 Å². The van der Waals surface area contributed by atoms with Crippen LogP contribution in [0.2, 0.25) is 0 Å². The van der Waals surface area contributed by atoms with Crippen LogP contribution in [0.15, 0.2) is 30.3 Å². The van der Waals surface area contributed by atoms with Crippen molar-refractivity contribution in [2.45, 2.75) is 13.0 Å². The van der Waals surface area contributed by atoms with Gasteiger partial charge in [0.1, 0.15) is 0 Å². The summed E-state index contributed by atoms with van der Waals surface area (Å²) in [6.45, 7) is 1.67. The summed E-state index contributed by atoms with van der Waals surface area (Å²) in [5.41, 5.74) is 1.02. The summed E-state index contributed by atoms with van der Waals surface area (Å²) in [4.78, 5) is 13.8. The number of likely N-dealkylation sites (N-methyl/N-ethyl adjacent to an activating group) is 1. The molecule has 0 bridgehead atoms. The van der Waals surface area contributed by atoms with Crippen LogP contribution in [0.1, 0.15) is 12.0 Å². The van der Waals surface area contributed by atoms with Crippen molar-refractivity contribution in [2.24, 2.45) is 0 Å². The topological polar surface area (TPSA) is 69.7 Å². The molecule has 1 aromatic carbocycles. The minimum Gasteiger partial charge on any atom is -0.352 e. The van der Waals surface area contributed by atoms with Gasteiger partial charge in [0, 0.05) is 32.6 Å². The maximum Gasteiger partial charge on any atom is 0.221 e. The van der Waals surface area contributed by atoms with E-state index in [1.165, 1.54) is 10.6 Å². The van der Waals surface area contributed by atoms with Crippen LogP contribution in [0.3, 0.4) is 0 Å². The molecule has 0 spiro atoms. The standard InChI is InChI=1S/C15H25N3O3S/c1-17(2)11-12-18(22(3,20)21)10-9-15(19)16-13-14-7-5-4-6-8-14/h4-8H,9-13H2,1-3H3,(H,16,19). The maximum atomic E-state index is 11.8. The summed E-state index contributed by atoms with van der Waals surface area (Å²) in [5, 5.41) is 2.80. The molecule has 0 saturated heterocycles. The number of sulfonamides is 1. The molecule has 1 amide bonds. The first kappa shape index (κ1) is 18.6. The van der Waals surface area contributed by atoms with Crippen LogP contribution in [0.5, 0.6) is 0 Å². The van der Waals surface area contributed by atoms with E-state index in [2.05, 4.69) is 5.32 Å². The third-order valence-corrected chi connectivity index (χ3v) is 4.49. The van der Waals surface area contributed by atoms with Gasteiger partial charge in [-0.1, -0.05) is 30.3 Å². The Hall–Kier alpha value is -1.44. The molecule has 1 rings (SSSR count). The van der Waals surface area contributed by atoms with E-state index in [0.717, 1.165) is 5.56 Å². The summed E-state index contributed by atoms with van der Waals surface area (Å²) in [5.74, 6) is -0.151. The highest BCUT2D eigenvalue weighted by Gasteiger charge is 2.17. The van der Waals surface area contributed by atoms with Gasteiger partial charge in [0.15, 0.2) is 0 Å². The van der Waals surface area contributed by atoms with Gasteiger partial charge in [-0.15, -0.1) is 0 Å². The van der Waals surface area contributed by atoms with Crippen molar-refractivity contribution in [3.63, 3.8) is 0 Å². The number of rotatable bonds is 9. The molecular formula is C15H25N3O3S. The van der Waals surface area contributed by atoms with Crippen molar-refractivity contribution in [1.82, 2.24) is 14.5 Å². The lowest BCUT2D eigenvalue weighted by molar-refractivity contribution is -0.121. The molecule has 6 nitrogen and oxygen atoms in total. The Morgan fingerprint density at radius 3 is 2.27 bits per heavy atom. The van der Waals surface area contributed by atoms with Gasteiger partial charge >= 0.3 is 0 Å². The Morgan fingerprint density at radius 2 is 1.73 bits per heavy atom. The average Bonchev–Trinajstić information content (AvgIpc) is 2.44. The fourth-order valence-corrected chi connectivity index (χ4v) is 2.70. The van der Waals surface area contributed by atoms with Crippen LogP contribution in [-0.2, 0) is 21.4 Å². The minimum atomic E-state index is -3.30. The number of hydrogen-bond acceptors (Lipinski definition) is 4. The highest BCUT2D eigenvalue weighted by Crippen LogP contribution is 2.01. The van der Waals surface area contributed by atoms with Gasteiger partial charge in [-0.05, 0) is 19.7 Å². The first-order chi connectivity index (χ1) is 10.3. The van der Waals surface area contributed by atoms with Crippen LogP contribution in [0.4, 0.5) is 0 Å². The Bertz CT molecular complexity index is 559. The van der Waals surface area contributed by atoms with E-state index >= 15 is 0 Å². The molecular weight excluding hydrogens is 302 g/mol. The number of amides is 1. The quantitative estimate of drug-likeness (QED) is 0.718. The number of nitrogens with zero attached hydrogens (tertiary/aromatic N) is 2. The maximum absolute atomic E-state index is 11.8. The fourth-order valence-electron chi connectivity index (χ4n) is 1.87. The Labute approximate surface area is 133 Å². The monoisotopic (exact) mass is 327 g/mol. The Morgan fingerprint density at radius 1 is 1.09 bits per heavy atom. The Kier molecular flexibility index (Phi) is 7.50. The van der Waals surface area contributed by atoms with Crippen LogP contribution in [0, 0.1) is 0 Å². The van der Waals surface area contributed by atoms with Gasteiger partial charge < -0.3 is 10.2 Å². The molecule has 0 atom stereocenters. The summed E-state index contributed by atoms with van der Waals surface area (Å²) < 4.78 is 24.8. The second-order valence-electron chi connectivity index (χ2n) is 5.48. The van der Waals surface area contributed by atoms with Crippen molar-refractivity contribution in [3.05, 3.63) is 35.9 Å². The second-order valence-corrected chi connectivity index (χ2v) is 7.46. The van der Waals surface area contributed by atoms with Crippen molar-refractivity contribution < 1.29 is 13.2 Å². The van der Waals surface area contributed by atoms with Crippen LogP contribution >= 0.6 is 0 Å². The van der Waals surface area contributed by atoms with Gasteiger partial charge in [-0.2, -0.15) is 0 Å². The molecule has 0 fully saturated rings. The van der Waals surface area contributed by atoms with E-state index in [4.69, 9.17) is 0 Å². The average molecular weight is 327 g/mol. The largest absolute Gasteiger partial charge is 0.352 e. The van der Waals surface area contributed by atoms with Gasteiger partial charge in [0.25, 0.3) is 0 Å². The number of hydrogen-bond donors (Lipinski definition) is 1. The van der Waals surface area contributed by atoms with Gasteiger partial charge in [-0.3, -0.25) is 4.79 Å². The zero-order chi connectivity index (χ0) is 16.6. The molecule has 1 N–H and O–H groups in total. The van der Waals surface area contributed by atoms with E-state index in [1.807, 2.05) is 49.3 Å². The predicted octanol–water partition coefficient (Wildman–Crippen LogP) is 0.516. The van der Waals surface area contributed by atoms with Gasteiger partial charge in [-0.25, -0.2) is 12.7 Å². The van der Waals surface area contributed by atoms with Crippen molar-refractivity contribution in [2.75, 3.05) is 40.0 Å². The fraction of sp³-hybridized carbons (Fsp3) is 0.533. The van der Waals surface area contributed by atoms with E-state index < -0.39 is 10.0 Å². The SMILES string of the molecule is CN(C)CCN(CCC(=O)NCc1ccccc1)S(C)(=O)=O. The molecule has 0 aliphatic heterocycles. The molecule has 0 saturated carbocycles. The van der Waals surface area contributed by atoms with Crippen molar-refractivity contribution in [1.29, 1.82) is 0 Å². The molecule has 0 heterocycles. The summed E-state index contributed by atoms with van der Waals surface area (Å²) in [6, 6.07) is 9.60. The lowest BCUT2D eigenvalue weighted by Gasteiger charge is -2.21. The van der Waals surface area contributed by atoms with Crippen LogP contribution in [-0.4, -0.2) is 63.5 Å². The molecule has 0 aromatic heterocycles. The van der Waals surface area contributed by atoms with Crippen molar-refractivity contribution in [3.8, 4) is 0 Å². The first-order valence-corrected chi connectivity index (χ1v) is 9.04. The molecule has 22 heavy (non-hydrogen) atoms. The Balaban J connectivity index is 2.42. The number of nitrogens with one attached hydrogen (secondary N) is 1. The molecule has 124 valence electrons. The molecule has 0 radical (unpaired) electrons. The number of benzene rings is 1. The third-order valence-electron chi connectivity index (χ3n) is 3.19. The van der Waals surface area contributed by atoms with E-state index in [1.54, 1.807) is 0 Å². The predicted molar refractivity (Wildman–Crippen MR) is 87.9 cm³/mol. The minimum absolute atomic E-state index is 0.151. The highest BCUT2D eigenvalue weighted by molar-refractivity contribution is 7.88. The first-order valence-electron chi connectivity index (χ1n) is 7.19.